The molecule has 1 aromatic carbocycles. The van der Waals surface area contributed by atoms with E-state index in [1.54, 1.807) is 6.20 Å². The summed E-state index contributed by atoms with van der Waals surface area (Å²) in [5.74, 6) is 2.08. The highest BCUT2D eigenvalue weighted by Gasteiger charge is 2.60. The molecular weight excluding hydrogens is 462 g/mol. The molecule has 4 aromatic rings. The zero-order chi connectivity index (χ0) is 25.0. The summed E-state index contributed by atoms with van der Waals surface area (Å²) in [5.41, 5.74) is 4.11. The highest BCUT2D eigenvalue weighted by atomic mass is 15.4. The van der Waals surface area contributed by atoms with Gasteiger partial charge < -0.3 is 10.6 Å². The summed E-state index contributed by atoms with van der Waals surface area (Å²) >= 11 is 0. The van der Waals surface area contributed by atoms with Crippen LogP contribution in [0.1, 0.15) is 44.2 Å². The number of anilines is 3. The fraction of sp³-hybridized carbons (Fsp3) is 0.393. The number of aromatic nitrogens is 5. The van der Waals surface area contributed by atoms with Crippen LogP contribution < -0.4 is 10.6 Å². The fourth-order valence-corrected chi connectivity index (χ4v) is 6.89. The Hall–Kier alpha value is -4.03. The number of hydrogen-bond acceptors (Lipinski definition) is 8. The predicted molar refractivity (Wildman–Crippen MR) is 142 cm³/mol. The monoisotopic (exact) mass is 491 g/mol. The largest absolute Gasteiger partial charge is 0.351 e. The summed E-state index contributed by atoms with van der Waals surface area (Å²) in [7, 11) is 0. The second-order valence-corrected chi connectivity index (χ2v) is 10.8. The Bertz CT molecular complexity index is 1510. The van der Waals surface area contributed by atoms with E-state index in [0.29, 0.717) is 30.5 Å². The molecule has 0 amide bonds. The number of aryl methyl sites for hydroxylation is 1. The Labute approximate surface area is 215 Å². The molecule has 3 N–H and O–H groups in total. The first-order valence-corrected chi connectivity index (χ1v) is 13.0. The quantitative estimate of drug-likeness (QED) is 0.347. The molecule has 3 saturated heterocycles. The van der Waals surface area contributed by atoms with E-state index in [0.717, 1.165) is 65.0 Å². The molecule has 0 radical (unpaired) electrons. The molecule has 9 heteroatoms. The summed E-state index contributed by atoms with van der Waals surface area (Å²) < 4.78 is 0. The Kier molecular flexibility index (Phi) is 5.11. The van der Waals surface area contributed by atoms with Gasteiger partial charge in [0.1, 0.15) is 5.82 Å². The number of hydrogen-bond donors (Lipinski definition) is 3. The average Bonchev–Trinajstić information content (AvgIpc) is 3.45. The fourth-order valence-electron chi connectivity index (χ4n) is 6.89. The van der Waals surface area contributed by atoms with Gasteiger partial charge >= 0.3 is 0 Å². The highest BCUT2D eigenvalue weighted by molar-refractivity contribution is 5.94. The zero-order valence-electron chi connectivity index (χ0n) is 20.8. The molecule has 0 bridgehead atoms. The van der Waals surface area contributed by atoms with Gasteiger partial charge in [-0.15, -0.1) is 0 Å². The maximum Gasteiger partial charge on any atom is 0.225 e. The van der Waals surface area contributed by atoms with Crippen LogP contribution in [0.5, 0.6) is 0 Å². The number of nitrogens with one attached hydrogen (secondary N) is 3. The smallest absolute Gasteiger partial charge is 0.225 e. The molecule has 0 spiro atoms. The number of H-pyrrole nitrogens is 1. The van der Waals surface area contributed by atoms with E-state index in [2.05, 4.69) is 61.0 Å². The van der Waals surface area contributed by atoms with E-state index < -0.39 is 0 Å². The summed E-state index contributed by atoms with van der Waals surface area (Å²) in [4.78, 5) is 16.8. The van der Waals surface area contributed by atoms with Crippen LogP contribution in [0.3, 0.4) is 0 Å². The molecule has 3 aliphatic heterocycles. The van der Waals surface area contributed by atoms with E-state index in [9.17, 15) is 5.26 Å². The van der Waals surface area contributed by atoms with E-state index in [1.165, 1.54) is 6.42 Å². The van der Waals surface area contributed by atoms with Crippen molar-refractivity contribution < 1.29 is 0 Å². The number of benzene rings is 1. The molecule has 9 nitrogen and oxygen atoms in total. The SMILES string of the molecule is Cc1cc(Nc2nc(N[C@H]3C[C@@H]4CCC5(CC#N)C[C@H](C3)N45)nc3cc(-c4cccnc4)ccc23)n[nH]1. The van der Waals surface area contributed by atoms with Crippen LogP contribution >= 0.6 is 0 Å². The van der Waals surface area contributed by atoms with Crippen LogP contribution in [-0.2, 0) is 0 Å². The van der Waals surface area contributed by atoms with Crippen molar-refractivity contribution >= 4 is 28.5 Å². The lowest BCUT2D eigenvalue weighted by molar-refractivity contribution is -0.0880. The number of pyridine rings is 1. The molecular formula is C28H29N9. The van der Waals surface area contributed by atoms with Gasteiger partial charge in [0.15, 0.2) is 5.82 Å². The lowest BCUT2D eigenvalue weighted by Crippen LogP contribution is -2.68. The summed E-state index contributed by atoms with van der Waals surface area (Å²) in [6.07, 6.45) is 9.88. The van der Waals surface area contributed by atoms with Crippen molar-refractivity contribution in [2.24, 2.45) is 0 Å². The molecule has 6 heterocycles. The summed E-state index contributed by atoms with van der Waals surface area (Å²) in [5, 5.41) is 24.7. The van der Waals surface area contributed by atoms with Gasteiger partial charge in [0.05, 0.1) is 18.0 Å². The van der Waals surface area contributed by atoms with Crippen molar-refractivity contribution in [1.82, 2.24) is 30.0 Å². The van der Waals surface area contributed by atoms with E-state index in [4.69, 9.17) is 9.97 Å². The van der Waals surface area contributed by atoms with Crippen LogP contribution in [-0.4, -0.2) is 53.7 Å². The molecule has 4 atom stereocenters. The molecule has 186 valence electrons. The third-order valence-electron chi connectivity index (χ3n) is 8.39. The van der Waals surface area contributed by atoms with E-state index >= 15 is 0 Å². The first-order chi connectivity index (χ1) is 18.1. The highest BCUT2D eigenvalue weighted by Crippen LogP contribution is 2.55. The Morgan fingerprint density at radius 1 is 1.16 bits per heavy atom. The number of nitrogens with zero attached hydrogens (tertiary/aromatic N) is 6. The second kappa shape index (κ2) is 8.53. The summed E-state index contributed by atoms with van der Waals surface area (Å²) in [6, 6.07) is 16.0. The topological polar surface area (TPSA) is 118 Å². The van der Waals surface area contributed by atoms with Crippen LogP contribution in [0.4, 0.5) is 17.6 Å². The zero-order valence-corrected chi connectivity index (χ0v) is 20.8. The van der Waals surface area contributed by atoms with Crippen molar-refractivity contribution in [3.63, 3.8) is 0 Å². The van der Waals surface area contributed by atoms with Gasteiger partial charge in [-0.1, -0.05) is 12.1 Å². The molecule has 7 rings (SSSR count). The van der Waals surface area contributed by atoms with Crippen LogP contribution in [0.15, 0.2) is 48.8 Å². The third-order valence-corrected chi connectivity index (χ3v) is 8.39. The van der Waals surface area contributed by atoms with Gasteiger partial charge in [-0.05, 0) is 62.8 Å². The number of nitriles is 1. The minimum absolute atomic E-state index is 0.149. The van der Waals surface area contributed by atoms with Crippen LogP contribution in [0.25, 0.3) is 22.0 Å². The van der Waals surface area contributed by atoms with Gasteiger partial charge in [0, 0.05) is 58.8 Å². The lowest BCUT2D eigenvalue weighted by atomic mass is 9.72. The molecule has 37 heavy (non-hydrogen) atoms. The van der Waals surface area contributed by atoms with Crippen molar-refractivity contribution in [1.29, 1.82) is 5.26 Å². The third kappa shape index (κ3) is 3.80. The standard InChI is InChI=1S/C28H29N9/c1-17-11-25(36-35-17)33-26-23-5-4-18(19-3-2-10-30-16-19)12-24(23)32-27(34-26)31-20-13-21-6-7-28(8-9-29)15-22(14-20)37(21)28/h2-5,10-12,16,20-22H,6-8,13-15H2,1H3,(H3,31,32,33,34,35,36)/t20-,21-,22-,28?/m0/s1. The minimum atomic E-state index is 0.149. The van der Waals surface area contributed by atoms with Crippen molar-refractivity contribution in [2.45, 2.75) is 69.1 Å². The molecule has 3 fully saturated rings. The Morgan fingerprint density at radius 3 is 2.89 bits per heavy atom. The van der Waals surface area contributed by atoms with Gasteiger partial charge in [0.25, 0.3) is 0 Å². The van der Waals surface area contributed by atoms with Crippen molar-refractivity contribution in [3.8, 4) is 17.2 Å². The first kappa shape index (κ1) is 22.2. The molecule has 3 aromatic heterocycles. The molecule has 3 aliphatic rings. The summed E-state index contributed by atoms with van der Waals surface area (Å²) in [6.45, 7) is 1.98. The van der Waals surface area contributed by atoms with E-state index in [1.807, 2.05) is 25.3 Å². The average molecular weight is 492 g/mol. The number of rotatable bonds is 6. The minimum Gasteiger partial charge on any atom is -0.351 e. The normalized spacial score (nSPS) is 26.3. The van der Waals surface area contributed by atoms with Crippen LogP contribution in [0, 0.1) is 18.3 Å². The van der Waals surface area contributed by atoms with Crippen LogP contribution in [0.2, 0.25) is 0 Å². The van der Waals surface area contributed by atoms with Gasteiger partial charge in [-0.3, -0.25) is 15.0 Å². The van der Waals surface area contributed by atoms with Crippen molar-refractivity contribution in [3.05, 3.63) is 54.5 Å². The maximum atomic E-state index is 9.34. The predicted octanol–water partition coefficient (Wildman–Crippen LogP) is 4.93. The number of aromatic amines is 1. The maximum absolute atomic E-state index is 9.34. The van der Waals surface area contributed by atoms with Crippen molar-refractivity contribution in [2.75, 3.05) is 10.6 Å². The van der Waals surface area contributed by atoms with Gasteiger partial charge in [0.2, 0.25) is 5.95 Å². The van der Waals surface area contributed by atoms with Gasteiger partial charge in [-0.25, -0.2) is 4.98 Å². The molecule has 1 unspecified atom stereocenters. The van der Waals surface area contributed by atoms with E-state index in [-0.39, 0.29) is 5.54 Å². The Morgan fingerprint density at radius 2 is 2.08 bits per heavy atom. The first-order valence-electron chi connectivity index (χ1n) is 13.0. The van der Waals surface area contributed by atoms with Gasteiger partial charge in [-0.2, -0.15) is 15.3 Å². The number of piperidine rings is 1. The molecule has 0 aliphatic carbocycles. The lowest BCUT2D eigenvalue weighted by Gasteiger charge is -2.59. The second-order valence-electron chi connectivity index (χ2n) is 10.8. The number of fused-ring (bicyclic) bond motifs is 1. The Balaban J connectivity index is 1.21. The molecule has 0 saturated carbocycles.